The molecule has 0 aliphatic carbocycles. The molecule has 1 aromatic heterocycles. The molecule has 2 fully saturated rings. The van der Waals surface area contributed by atoms with Crippen molar-refractivity contribution in [2.24, 2.45) is 0 Å². The smallest absolute Gasteiger partial charge is 0.253 e. The van der Waals surface area contributed by atoms with Crippen molar-refractivity contribution in [2.45, 2.75) is 18.9 Å². The number of piperidine rings is 1. The van der Waals surface area contributed by atoms with Crippen LogP contribution in [0.1, 0.15) is 34.3 Å². The average molecular weight is 451 g/mol. The van der Waals surface area contributed by atoms with E-state index >= 15 is 0 Å². The van der Waals surface area contributed by atoms with E-state index in [2.05, 4.69) is 38.8 Å². The van der Waals surface area contributed by atoms with E-state index in [1.165, 1.54) is 5.69 Å². The number of hydrogen-bond donors (Lipinski definition) is 0. The van der Waals surface area contributed by atoms with Crippen LogP contribution in [0.4, 0.5) is 5.69 Å². The number of piperazine rings is 1. The van der Waals surface area contributed by atoms with Gasteiger partial charge in [-0.25, -0.2) is 0 Å². The number of likely N-dealkylation sites (tertiary alicyclic amines) is 1. The van der Waals surface area contributed by atoms with Crippen molar-refractivity contribution in [1.29, 1.82) is 0 Å². The Bertz CT molecular complexity index is 1140. The molecule has 0 atom stereocenters. The molecule has 0 radical (unpaired) electrons. The summed E-state index contributed by atoms with van der Waals surface area (Å²) in [7, 11) is 0. The number of anilines is 1. The number of rotatable bonds is 3. The lowest BCUT2D eigenvalue weighted by molar-refractivity contribution is 0.0611. The molecule has 2 aliphatic rings. The minimum atomic E-state index is 0.128. The van der Waals surface area contributed by atoms with E-state index in [-0.39, 0.29) is 5.91 Å². The molecule has 5 rings (SSSR count). The van der Waals surface area contributed by atoms with Crippen molar-refractivity contribution < 1.29 is 4.79 Å². The fourth-order valence-corrected chi connectivity index (χ4v) is 4.88. The molecule has 0 unspecified atom stereocenters. The highest BCUT2D eigenvalue weighted by molar-refractivity contribution is 5.94. The second-order valence-electron chi connectivity index (χ2n) is 8.95. The van der Waals surface area contributed by atoms with Crippen LogP contribution in [0.3, 0.4) is 0 Å². The molecule has 34 heavy (non-hydrogen) atoms. The maximum absolute atomic E-state index is 13.0. The molecule has 2 aliphatic heterocycles. The van der Waals surface area contributed by atoms with Gasteiger partial charge in [-0.3, -0.25) is 14.7 Å². The Labute approximate surface area is 202 Å². The summed E-state index contributed by atoms with van der Waals surface area (Å²) in [5.41, 5.74) is 3.91. The van der Waals surface area contributed by atoms with Crippen LogP contribution in [-0.4, -0.2) is 66.0 Å². The fourth-order valence-electron chi connectivity index (χ4n) is 4.88. The fraction of sp³-hybridized carbons (Fsp3) is 0.310. The van der Waals surface area contributed by atoms with Crippen LogP contribution in [0.25, 0.3) is 0 Å². The van der Waals surface area contributed by atoms with E-state index in [1.807, 2.05) is 71.9 Å². The van der Waals surface area contributed by atoms with Gasteiger partial charge in [0.05, 0.1) is 0 Å². The van der Waals surface area contributed by atoms with E-state index in [4.69, 9.17) is 0 Å². The van der Waals surface area contributed by atoms with Crippen molar-refractivity contribution in [1.82, 2.24) is 14.8 Å². The lowest BCUT2D eigenvalue weighted by Crippen LogP contribution is -2.53. The molecule has 5 heteroatoms. The normalized spacial score (nSPS) is 17.2. The summed E-state index contributed by atoms with van der Waals surface area (Å²) in [6.45, 7) is 5.89. The topological polar surface area (TPSA) is 39.7 Å². The van der Waals surface area contributed by atoms with Crippen LogP contribution in [0.2, 0.25) is 0 Å². The highest BCUT2D eigenvalue weighted by atomic mass is 16.2. The lowest BCUT2D eigenvalue weighted by atomic mass is 10.0. The highest BCUT2D eigenvalue weighted by Crippen LogP contribution is 2.22. The van der Waals surface area contributed by atoms with E-state index < -0.39 is 0 Å². The molecule has 5 nitrogen and oxygen atoms in total. The second-order valence-corrected chi connectivity index (χ2v) is 8.95. The number of carbonyl (C=O) groups excluding carboxylic acids is 1. The van der Waals surface area contributed by atoms with Crippen molar-refractivity contribution in [3.8, 4) is 11.8 Å². The zero-order chi connectivity index (χ0) is 23.2. The molecular formula is C29H30N4O. The first kappa shape index (κ1) is 22.2. The molecule has 0 bridgehead atoms. The predicted molar refractivity (Wildman–Crippen MR) is 136 cm³/mol. The summed E-state index contributed by atoms with van der Waals surface area (Å²) in [5, 5.41) is 0. The summed E-state index contributed by atoms with van der Waals surface area (Å²) >= 11 is 0. The maximum Gasteiger partial charge on any atom is 0.253 e. The molecule has 0 N–H and O–H groups in total. The molecule has 2 saturated heterocycles. The summed E-state index contributed by atoms with van der Waals surface area (Å²) in [5.74, 6) is 6.47. The van der Waals surface area contributed by atoms with Gasteiger partial charge in [0.1, 0.15) is 0 Å². The van der Waals surface area contributed by atoms with Crippen LogP contribution in [0, 0.1) is 11.8 Å². The van der Waals surface area contributed by atoms with Gasteiger partial charge in [-0.15, -0.1) is 0 Å². The van der Waals surface area contributed by atoms with Crippen LogP contribution in [-0.2, 0) is 0 Å². The Hall–Kier alpha value is -3.62. The minimum absolute atomic E-state index is 0.128. The third-order valence-corrected chi connectivity index (χ3v) is 6.87. The van der Waals surface area contributed by atoms with Gasteiger partial charge in [-0.1, -0.05) is 30.0 Å². The molecule has 0 saturated carbocycles. The van der Waals surface area contributed by atoms with Gasteiger partial charge < -0.3 is 9.80 Å². The number of amides is 1. The summed E-state index contributed by atoms with van der Waals surface area (Å²) in [4.78, 5) is 24.2. The van der Waals surface area contributed by atoms with Crippen molar-refractivity contribution in [2.75, 3.05) is 44.2 Å². The van der Waals surface area contributed by atoms with E-state index in [0.717, 1.165) is 68.8 Å². The summed E-state index contributed by atoms with van der Waals surface area (Å²) < 4.78 is 0. The number of nitrogens with zero attached hydrogens (tertiary/aromatic N) is 4. The zero-order valence-electron chi connectivity index (χ0n) is 19.4. The number of pyridine rings is 1. The molecule has 3 heterocycles. The molecular weight excluding hydrogens is 420 g/mol. The monoisotopic (exact) mass is 450 g/mol. The maximum atomic E-state index is 13.0. The molecule has 172 valence electrons. The quantitative estimate of drug-likeness (QED) is 0.568. The molecule has 1 amide bonds. The van der Waals surface area contributed by atoms with Crippen LogP contribution >= 0.6 is 0 Å². The van der Waals surface area contributed by atoms with Gasteiger partial charge >= 0.3 is 0 Å². The summed E-state index contributed by atoms with van der Waals surface area (Å²) in [6.07, 6.45) is 5.81. The molecule has 2 aromatic carbocycles. The van der Waals surface area contributed by atoms with Gasteiger partial charge in [-0.05, 0) is 61.4 Å². The third-order valence-electron chi connectivity index (χ3n) is 6.87. The predicted octanol–water partition coefficient (Wildman–Crippen LogP) is 3.91. The zero-order valence-corrected chi connectivity index (χ0v) is 19.4. The van der Waals surface area contributed by atoms with Crippen molar-refractivity contribution >= 4 is 11.6 Å². The molecule has 3 aromatic rings. The Balaban J connectivity index is 1.11. The number of hydrogen-bond acceptors (Lipinski definition) is 4. The minimum Gasteiger partial charge on any atom is -0.369 e. The Kier molecular flexibility index (Phi) is 6.88. The highest BCUT2D eigenvalue weighted by Gasteiger charge is 2.29. The van der Waals surface area contributed by atoms with Gasteiger partial charge in [0.25, 0.3) is 5.91 Å². The Morgan fingerprint density at radius 2 is 1.35 bits per heavy atom. The van der Waals surface area contributed by atoms with E-state index in [0.29, 0.717) is 6.04 Å². The van der Waals surface area contributed by atoms with Crippen LogP contribution in [0.5, 0.6) is 0 Å². The first-order chi connectivity index (χ1) is 16.8. The first-order valence-corrected chi connectivity index (χ1v) is 12.1. The Morgan fingerprint density at radius 1 is 0.735 bits per heavy atom. The first-order valence-electron chi connectivity index (χ1n) is 12.1. The lowest BCUT2D eigenvalue weighted by Gasteiger charge is -2.43. The van der Waals surface area contributed by atoms with Gasteiger partial charge in [-0.2, -0.15) is 0 Å². The third kappa shape index (κ3) is 5.30. The number of carbonyl (C=O) groups is 1. The van der Waals surface area contributed by atoms with Gasteiger partial charge in [0, 0.05) is 80.1 Å². The van der Waals surface area contributed by atoms with Crippen LogP contribution < -0.4 is 4.90 Å². The van der Waals surface area contributed by atoms with E-state index in [9.17, 15) is 4.79 Å². The SMILES string of the molecule is O=C(c1ccc(C#Cc2ccccc2)cc1)N1CCC(N2CCN(c3ccncc3)CC2)CC1. The standard InChI is InChI=1S/C29H30N4O/c34-29(26-10-8-25(9-11-26)7-6-24-4-2-1-3-5-24)33-18-14-28(15-19-33)32-22-20-31(21-23-32)27-12-16-30-17-13-27/h1-5,8-13,16-17,28H,14-15,18-23H2. The Morgan fingerprint density at radius 3 is 2.00 bits per heavy atom. The van der Waals surface area contributed by atoms with E-state index in [1.54, 1.807) is 0 Å². The van der Waals surface area contributed by atoms with Gasteiger partial charge in [0.15, 0.2) is 0 Å². The number of benzene rings is 2. The number of aromatic nitrogens is 1. The second kappa shape index (κ2) is 10.5. The van der Waals surface area contributed by atoms with Crippen molar-refractivity contribution in [3.05, 3.63) is 95.8 Å². The molecule has 0 spiro atoms. The van der Waals surface area contributed by atoms with Gasteiger partial charge in [0.2, 0.25) is 0 Å². The largest absolute Gasteiger partial charge is 0.369 e. The average Bonchev–Trinajstić information content (AvgIpc) is 2.93. The van der Waals surface area contributed by atoms with Crippen molar-refractivity contribution in [3.63, 3.8) is 0 Å². The van der Waals surface area contributed by atoms with Crippen LogP contribution in [0.15, 0.2) is 79.1 Å². The summed E-state index contributed by atoms with van der Waals surface area (Å²) in [6, 6.07) is 22.4.